The van der Waals surface area contributed by atoms with Gasteiger partial charge in [0.2, 0.25) is 0 Å². The Bertz CT molecular complexity index is 1220. The van der Waals surface area contributed by atoms with Crippen LogP contribution in [0.2, 0.25) is 0 Å². The van der Waals surface area contributed by atoms with Crippen LogP contribution in [0.25, 0.3) is 17.1 Å². The number of anilines is 1. The van der Waals surface area contributed by atoms with E-state index in [1.165, 1.54) is 6.07 Å². The molecule has 1 atom stereocenters. The molecule has 0 saturated carbocycles. The fraction of sp³-hybridized carbons (Fsp3) is 0.333. The Balaban J connectivity index is 1.56. The second kappa shape index (κ2) is 9.11. The molecule has 0 fully saturated rings. The Morgan fingerprint density at radius 2 is 2.12 bits per heavy atom. The van der Waals surface area contributed by atoms with Crippen molar-refractivity contribution in [1.29, 1.82) is 0 Å². The van der Waals surface area contributed by atoms with Gasteiger partial charge in [-0.1, -0.05) is 12.1 Å². The molecule has 2 aliphatic rings. The van der Waals surface area contributed by atoms with Gasteiger partial charge in [-0.05, 0) is 50.0 Å². The topological polar surface area (TPSA) is 91.2 Å². The van der Waals surface area contributed by atoms with Gasteiger partial charge in [-0.15, -0.1) is 10.2 Å². The molecule has 33 heavy (non-hydrogen) atoms. The van der Waals surface area contributed by atoms with E-state index >= 15 is 4.39 Å². The molecule has 2 aliphatic heterocycles. The van der Waals surface area contributed by atoms with E-state index in [4.69, 9.17) is 9.47 Å². The number of nitrogens with zero attached hydrogens (tertiary/aromatic N) is 4. The van der Waals surface area contributed by atoms with Gasteiger partial charge in [0, 0.05) is 17.7 Å². The zero-order valence-electron chi connectivity index (χ0n) is 18.3. The number of aromatic nitrogens is 4. The molecule has 2 bridgehead atoms. The van der Waals surface area contributed by atoms with Gasteiger partial charge in [-0.25, -0.2) is 9.37 Å². The SMILES string of the molecule is CC1CCCOc2cc(F)c(C3=CCOCC3)cc2C(=O)Nc2cccc(n2)-c2nncn21. The number of carbonyl (C=O) groups excluding carboxylic acids is 1. The number of benzene rings is 1. The summed E-state index contributed by atoms with van der Waals surface area (Å²) in [4.78, 5) is 17.8. The highest BCUT2D eigenvalue weighted by Gasteiger charge is 2.22. The summed E-state index contributed by atoms with van der Waals surface area (Å²) in [6, 6.07) is 8.30. The van der Waals surface area contributed by atoms with E-state index in [0.29, 0.717) is 55.6 Å². The first-order chi connectivity index (χ1) is 16.1. The maximum absolute atomic E-state index is 15.0. The summed E-state index contributed by atoms with van der Waals surface area (Å²) in [7, 11) is 0. The third-order valence-corrected chi connectivity index (χ3v) is 5.91. The highest BCUT2D eigenvalue weighted by molar-refractivity contribution is 6.06. The lowest BCUT2D eigenvalue weighted by molar-refractivity contribution is 0.102. The number of carbonyl (C=O) groups is 1. The summed E-state index contributed by atoms with van der Waals surface area (Å²) in [5, 5.41) is 11.1. The summed E-state index contributed by atoms with van der Waals surface area (Å²) >= 11 is 0. The van der Waals surface area contributed by atoms with E-state index in [9.17, 15) is 4.79 Å². The van der Waals surface area contributed by atoms with Crippen molar-refractivity contribution in [3.63, 3.8) is 0 Å². The second-order valence-corrected chi connectivity index (χ2v) is 8.15. The first-order valence-corrected chi connectivity index (χ1v) is 11.0. The summed E-state index contributed by atoms with van der Waals surface area (Å²) in [6.07, 6.45) is 5.61. The Labute approximate surface area is 190 Å². The number of halogens is 1. The molecule has 1 unspecified atom stereocenters. The van der Waals surface area contributed by atoms with Gasteiger partial charge >= 0.3 is 0 Å². The highest BCUT2D eigenvalue weighted by atomic mass is 19.1. The number of fused-ring (bicyclic) bond motifs is 5. The lowest BCUT2D eigenvalue weighted by Crippen LogP contribution is -2.17. The van der Waals surface area contributed by atoms with E-state index in [0.717, 1.165) is 12.0 Å². The van der Waals surface area contributed by atoms with Crippen molar-refractivity contribution < 1.29 is 18.7 Å². The van der Waals surface area contributed by atoms with Crippen molar-refractivity contribution in [3.05, 3.63) is 59.7 Å². The van der Waals surface area contributed by atoms with Gasteiger partial charge < -0.3 is 19.4 Å². The van der Waals surface area contributed by atoms with Gasteiger partial charge in [0.1, 0.15) is 29.4 Å². The molecule has 0 spiro atoms. The van der Waals surface area contributed by atoms with Crippen LogP contribution in [0.3, 0.4) is 0 Å². The number of amides is 1. The molecule has 0 aliphatic carbocycles. The van der Waals surface area contributed by atoms with E-state index in [-0.39, 0.29) is 17.4 Å². The smallest absolute Gasteiger partial charge is 0.260 e. The number of nitrogens with one attached hydrogen (secondary N) is 1. The summed E-state index contributed by atoms with van der Waals surface area (Å²) in [6.45, 7) is 3.37. The van der Waals surface area contributed by atoms with Gasteiger partial charge in [0.05, 0.1) is 25.4 Å². The Kier molecular flexibility index (Phi) is 5.87. The molecular weight excluding hydrogens is 425 g/mol. The quantitative estimate of drug-likeness (QED) is 0.597. The molecule has 4 heterocycles. The highest BCUT2D eigenvalue weighted by Crippen LogP contribution is 2.31. The summed E-state index contributed by atoms with van der Waals surface area (Å²) < 4.78 is 28.2. The minimum absolute atomic E-state index is 0.112. The lowest BCUT2D eigenvalue weighted by Gasteiger charge is -2.19. The number of hydrogen-bond donors (Lipinski definition) is 1. The van der Waals surface area contributed by atoms with Gasteiger partial charge in [0.25, 0.3) is 5.91 Å². The van der Waals surface area contributed by atoms with Gasteiger partial charge in [-0.3, -0.25) is 4.79 Å². The molecule has 5 rings (SSSR count). The van der Waals surface area contributed by atoms with Crippen LogP contribution in [0.5, 0.6) is 5.75 Å². The standard InChI is InChI=1S/C24H24FN5O3/c1-15-4-3-9-33-21-13-19(25)17(16-7-10-32-11-8-16)12-18(21)24(31)28-22-6-2-5-20(27-22)23-29-26-14-30(15)23/h2,5-7,12-15H,3-4,8-11H2,1H3,(H,27,28,31). The first kappa shape index (κ1) is 21.3. The van der Waals surface area contributed by atoms with Crippen LogP contribution in [-0.2, 0) is 4.74 Å². The average molecular weight is 449 g/mol. The van der Waals surface area contributed by atoms with E-state index in [1.807, 2.05) is 16.7 Å². The number of rotatable bonds is 1. The Morgan fingerprint density at radius 3 is 2.97 bits per heavy atom. The zero-order chi connectivity index (χ0) is 22.8. The predicted molar refractivity (Wildman–Crippen MR) is 120 cm³/mol. The third-order valence-electron chi connectivity index (χ3n) is 5.91. The fourth-order valence-corrected chi connectivity index (χ4v) is 4.13. The molecule has 0 radical (unpaired) electrons. The summed E-state index contributed by atoms with van der Waals surface area (Å²) in [5.41, 5.74) is 2.08. The molecule has 3 aromatic rings. The van der Waals surface area contributed by atoms with Crippen molar-refractivity contribution in [2.45, 2.75) is 32.2 Å². The molecule has 8 nitrogen and oxygen atoms in total. The van der Waals surface area contributed by atoms with Crippen LogP contribution in [0.1, 0.15) is 48.1 Å². The molecule has 9 heteroatoms. The van der Waals surface area contributed by atoms with Crippen molar-refractivity contribution in [3.8, 4) is 17.3 Å². The molecule has 0 saturated heterocycles. The fourth-order valence-electron chi connectivity index (χ4n) is 4.13. The number of pyridine rings is 1. The minimum Gasteiger partial charge on any atom is -0.493 e. The van der Waals surface area contributed by atoms with Crippen LogP contribution in [0, 0.1) is 5.82 Å². The molecule has 1 N–H and O–H groups in total. The first-order valence-electron chi connectivity index (χ1n) is 11.0. The normalized spacial score (nSPS) is 18.8. The maximum Gasteiger partial charge on any atom is 0.260 e. The largest absolute Gasteiger partial charge is 0.493 e. The van der Waals surface area contributed by atoms with E-state index < -0.39 is 11.7 Å². The van der Waals surface area contributed by atoms with Crippen molar-refractivity contribution >= 4 is 17.3 Å². The monoisotopic (exact) mass is 449 g/mol. The number of hydrogen-bond acceptors (Lipinski definition) is 6. The van der Waals surface area contributed by atoms with Gasteiger partial charge in [0.15, 0.2) is 5.82 Å². The average Bonchev–Trinajstić information content (AvgIpc) is 3.32. The van der Waals surface area contributed by atoms with Crippen molar-refractivity contribution in [2.24, 2.45) is 0 Å². The summed E-state index contributed by atoms with van der Waals surface area (Å²) in [5.74, 6) is 0.368. The maximum atomic E-state index is 15.0. The molecule has 1 aromatic carbocycles. The van der Waals surface area contributed by atoms with Crippen molar-refractivity contribution in [1.82, 2.24) is 19.7 Å². The molecule has 2 aromatic heterocycles. The second-order valence-electron chi connectivity index (χ2n) is 8.15. The lowest BCUT2D eigenvalue weighted by atomic mass is 9.98. The minimum atomic E-state index is -0.421. The molecular formula is C24H24FN5O3. The van der Waals surface area contributed by atoms with Crippen LogP contribution >= 0.6 is 0 Å². The van der Waals surface area contributed by atoms with Crippen molar-refractivity contribution in [2.75, 3.05) is 25.1 Å². The van der Waals surface area contributed by atoms with E-state index in [2.05, 4.69) is 27.4 Å². The van der Waals surface area contributed by atoms with Crippen LogP contribution in [0.15, 0.2) is 42.7 Å². The molecule has 170 valence electrons. The third kappa shape index (κ3) is 4.36. The Hall–Kier alpha value is -3.59. The zero-order valence-corrected chi connectivity index (χ0v) is 18.3. The van der Waals surface area contributed by atoms with Crippen LogP contribution in [0.4, 0.5) is 10.2 Å². The van der Waals surface area contributed by atoms with Crippen LogP contribution < -0.4 is 10.1 Å². The number of ether oxygens (including phenoxy) is 2. The van der Waals surface area contributed by atoms with Gasteiger partial charge in [-0.2, -0.15) is 0 Å². The van der Waals surface area contributed by atoms with E-state index in [1.54, 1.807) is 24.5 Å². The predicted octanol–water partition coefficient (Wildman–Crippen LogP) is 4.27. The molecule has 1 amide bonds. The van der Waals surface area contributed by atoms with Crippen LogP contribution in [-0.4, -0.2) is 45.5 Å². The Morgan fingerprint density at radius 1 is 1.21 bits per heavy atom.